The molecule has 0 unspecified atom stereocenters. The molecule has 0 bridgehead atoms. The lowest BCUT2D eigenvalue weighted by Crippen LogP contribution is -2.23. The minimum absolute atomic E-state index is 0.275. The highest BCUT2D eigenvalue weighted by molar-refractivity contribution is 7.91. The molecule has 0 fully saturated rings. The van der Waals surface area contributed by atoms with Crippen molar-refractivity contribution >= 4 is 27.1 Å². The van der Waals surface area contributed by atoms with Crippen molar-refractivity contribution in [2.45, 2.75) is 24.9 Å². The predicted molar refractivity (Wildman–Crippen MR) is 97.6 cm³/mol. The van der Waals surface area contributed by atoms with E-state index in [2.05, 4.69) is 10.6 Å². The SMILES string of the molecule is Cc1cc(C)cc(NC(=O)CNc2cccc(C(F)(F)F)c2S(C)(=O)=O)c1. The van der Waals surface area contributed by atoms with E-state index >= 15 is 0 Å². The third-order valence-electron chi connectivity index (χ3n) is 3.64. The molecule has 2 rings (SSSR count). The number of sulfone groups is 1. The molecule has 27 heavy (non-hydrogen) atoms. The number of aryl methyl sites for hydroxylation is 2. The molecule has 146 valence electrons. The van der Waals surface area contributed by atoms with E-state index in [0.717, 1.165) is 17.2 Å². The van der Waals surface area contributed by atoms with Gasteiger partial charge in [-0.3, -0.25) is 4.79 Å². The van der Waals surface area contributed by atoms with E-state index in [-0.39, 0.29) is 5.69 Å². The van der Waals surface area contributed by atoms with Crippen molar-refractivity contribution in [3.63, 3.8) is 0 Å². The number of hydrogen-bond donors (Lipinski definition) is 2. The monoisotopic (exact) mass is 400 g/mol. The Kier molecular flexibility index (Phi) is 5.84. The lowest BCUT2D eigenvalue weighted by atomic mass is 10.1. The van der Waals surface area contributed by atoms with Crippen LogP contribution in [0.1, 0.15) is 16.7 Å². The molecule has 0 saturated carbocycles. The lowest BCUT2D eigenvalue weighted by molar-refractivity contribution is -0.139. The fraction of sp³-hybridized carbons (Fsp3) is 0.278. The molecule has 0 aliphatic carbocycles. The van der Waals surface area contributed by atoms with Gasteiger partial charge in [0.1, 0.15) is 4.90 Å². The van der Waals surface area contributed by atoms with Crippen LogP contribution in [0.2, 0.25) is 0 Å². The second kappa shape index (κ2) is 7.59. The van der Waals surface area contributed by atoms with Gasteiger partial charge in [-0.05, 0) is 49.2 Å². The minimum atomic E-state index is -4.84. The Hall–Kier alpha value is -2.55. The molecule has 0 aromatic heterocycles. The molecule has 0 heterocycles. The Balaban J connectivity index is 2.24. The lowest BCUT2D eigenvalue weighted by Gasteiger charge is -2.16. The molecule has 0 radical (unpaired) electrons. The van der Waals surface area contributed by atoms with Gasteiger partial charge in [-0.25, -0.2) is 8.42 Å². The van der Waals surface area contributed by atoms with Gasteiger partial charge in [-0.15, -0.1) is 0 Å². The Morgan fingerprint density at radius 1 is 1.07 bits per heavy atom. The summed E-state index contributed by atoms with van der Waals surface area (Å²) >= 11 is 0. The van der Waals surface area contributed by atoms with E-state index in [9.17, 15) is 26.4 Å². The summed E-state index contributed by atoms with van der Waals surface area (Å²) in [6.07, 6.45) is -4.14. The Morgan fingerprint density at radius 2 is 1.67 bits per heavy atom. The third-order valence-corrected chi connectivity index (χ3v) is 4.82. The van der Waals surface area contributed by atoms with E-state index in [1.807, 2.05) is 19.9 Å². The number of rotatable bonds is 5. The van der Waals surface area contributed by atoms with Gasteiger partial charge in [0, 0.05) is 11.9 Å². The zero-order valence-electron chi connectivity index (χ0n) is 14.9. The number of halogens is 3. The fourth-order valence-corrected chi connectivity index (χ4v) is 3.85. The highest BCUT2D eigenvalue weighted by Gasteiger charge is 2.37. The summed E-state index contributed by atoms with van der Waals surface area (Å²) in [5.74, 6) is -0.517. The maximum Gasteiger partial charge on any atom is 0.417 e. The standard InChI is InChI=1S/C18H19F3N2O3S/c1-11-7-12(2)9-13(8-11)23-16(24)10-22-15-6-4-5-14(18(19,20)21)17(15)27(3,25)26/h4-9,22H,10H2,1-3H3,(H,23,24). The number of carbonyl (C=O) groups is 1. The largest absolute Gasteiger partial charge is 0.417 e. The van der Waals surface area contributed by atoms with Crippen molar-refractivity contribution in [3.05, 3.63) is 53.1 Å². The van der Waals surface area contributed by atoms with Gasteiger partial charge in [0.25, 0.3) is 0 Å². The molecule has 0 aliphatic heterocycles. The Bertz CT molecular complexity index is 950. The Labute approximate surface area is 155 Å². The molecule has 0 aliphatic rings. The summed E-state index contributed by atoms with van der Waals surface area (Å²) in [6, 6.07) is 8.39. The first-order chi connectivity index (χ1) is 12.4. The van der Waals surface area contributed by atoms with Crippen molar-refractivity contribution < 1.29 is 26.4 Å². The van der Waals surface area contributed by atoms with Gasteiger partial charge in [-0.1, -0.05) is 12.1 Å². The van der Waals surface area contributed by atoms with Gasteiger partial charge in [0.15, 0.2) is 9.84 Å². The van der Waals surface area contributed by atoms with Gasteiger partial charge < -0.3 is 10.6 Å². The zero-order valence-corrected chi connectivity index (χ0v) is 15.8. The second-order valence-corrected chi connectivity index (χ2v) is 8.18. The van der Waals surface area contributed by atoms with Gasteiger partial charge in [-0.2, -0.15) is 13.2 Å². The van der Waals surface area contributed by atoms with Crippen LogP contribution in [0, 0.1) is 13.8 Å². The van der Waals surface area contributed by atoms with Crippen LogP contribution in [0.3, 0.4) is 0 Å². The van der Waals surface area contributed by atoms with Gasteiger partial charge in [0.05, 0.1) is 17.8 Å². The summed E-state index contributed by atoms with van der Waals surface area (Å²) < 4.78 is 63.2. The first kappa shape index (κ1) is 20.8. The van der Waals surface area contributed by atoms with E-state index < -0.39 is 38.9 Å². The van der Waals surface area contributed by atoms with Crippen LogP contribution in [0.15, 0.2) is 41.3 Å². The molecule has 2 N–H and O–H groups in total. The molecule has 0 atom stereocenters. The second-order valence-electron chi connectivity index (χ2n) is 6.23. The average molecular weight is 400 g/mol. The number of amides is 1. The van der Waals surface area contributed by atoms with Crippen molar-refractivity contribution in [1.29, 1.82) is 0 Å². The van der Waals surface area contributed by atoms with Crippen LogP contribution in [0.4, 0.5) is 24.5 Å². The summed E-state index contributed by atoms with van der Waals surface area (Å²) in [4.78, 5) is 11.2. The first-order valence-electron chi connectivity index (χ1n) is 7.90. The molecular formula is C18H19F3N2O3S. The number of hydrogen-bond acceptors (Lipinski definition) is 4. The van der Waals surface area contributed by atoms with Crippen LogP contribution < -0.4 is 10.6 Å². The van der Waals surface area contributed by atoms with Crippen molar-refractivity contribution in [2.24, 2.45) is 0 Å². The first-order valence-corrected chi connectivity index (χ1v) is 9.79. The summed E-state index contributed by atoms with van der Waals surface area (Å²) in [6.45, 7) is 3.33. The fourth-order valence-electron chi connectivity index (χ4n) is 2.73. The van der Waals surface area contributed by atoms with Crippen LogP contribution >= 0.6 is 0 Å². The van der Waals surface area contributed by atoms with Crippen LogP contribution in [-0.2, 0) is 20.8 Å². The maximum absolute atomic E-state index is 13.1. The third kappa shape index (κ3) is 5.46. The number of benzene rings is 2. The molecule has 2 aromatic carbocycles. The van der Waals surface area contributed by atoms with Crippen LogP contribution in [-0.4, -0.2) is 27.1 Å². The zero-order chi connectivity index (χ0) is 20.4. The van der Waals surface area contributed by atoms with E-state index in [1.165, 1.54) is 6.07 Å². The molecule has 5 nitrogen and oxygen atoms in total. The maximum atomic E-state index is 13.1. The molecule has 1 amide bonds. The van der Waals surface area contributed by atoms with Crippen molar-refractivity contribution in [2.75, 3.05) is 23.4 Å². The van der Waals surface area contributed by atoms with Crippen LogP contribution in [0.25, 0.3) is 0 Å². The smallest absolute Gasteiger partial charge is 0.375 e. The van der Waals surface area contributed by atoms with Crippen molar-refractivity contribution in [3.8, 4) is 0 Å². The molecule has 9 heteroatoms. The minimum Gasteiger partial charge on any atom is -0.375 e. The summed E-state index contributed by atoms with van der Waals surface area (Å²) in [5.41, 5.74) is 0.880. The van der Waals surface area contributed by atoms with E-state index in [1.54, 1.807) is 12.1 Å². The molecule has 2 aromatic rings. The molecular weight excluding hydrogens is 381 g/mol. The summed E-state index contributed by atoms with van der Waals surface area (Å²) in [7, 11) is -4.18. The number of alkyl halides is 3. The normalized spacial score (nSPS) is 11.9. The Morgan fingerprint density at radius 3 is 2.19 bits per heavy atom. The quantitative estimate of drug-likeness (QED) is 0.801. The van der Waals surface area contributed by atoms with Gasteiger partial charge >= 0.3 is 6.18 Å². The number of anilines is 2. The number of carbonyl (C=O) groups excluding carboxylic acids is 1. The highest BCUT2D eigenvalue weighted by Crippen LogP contribution is 2.37. The van der Waals surface area contributed by atoms with Crippen molar-refractivity contribution in [1.82, 2.24) is 0 Å². The van der Waals surface area contributed by atoms with Gasteiger partial charge in [0.2, 0.25) is 5.91 Å². The number of nitrogens with one attached hydrogen (secondary N) is 2. The van der Waals surface area contributed by atoms with Crippen LogP contribution in [0.5, 0.6) is 0 Å². The average Bonchev–Trinajstić information content (AvgIpc) is 2.49. The molecule has 0 spiro atoms. The predicted octanol–water partition coefficient (Wildman–Crippen LogP) is 3.78. The van der Waals surface area contributed by atoms with E-state index in [0.29, 0.717) is 18.0 Å². The highest BCUT2D eigenvalue weighted by atomic mass is 32.2. The molecule has 0 saturated heterocycles. The van der Waals surface area contributed by atoms with E-state index in [4.69, 9.17) is 0 Å². The summed E-state index contributed by atoms with van der Waals surface area (Å²) in [5, 5.41) is 5.11. The topological polar surface area (TPSA) is 75.3 Å².